The molecule has 0 bridgehead atoms. The monoisotopic (exact) mass is 243 g/mol. The van der Waals surface area contributed by atoms with Gasteiger partial charge in [-0.05, 0) is 18.9 Å². The van der Waals surface area contributed by atoms with Crippen molar-refractivity contribution in [2.75, 3.05) is 13.1 Å². The maximum Gasteiger partial charge on any atom is 0.132 e. The molecule has 2 atom stereocenters. The van der Waals surface area contributed by atoms with Crippen molar-refractivity contribution in [1.82, 2.24) is 14.9 Å². The van der Waals surface area contributed by atoms with Gasteiger partial charge in [0.25, 0.3) is 0 Å². The summed E-state index contributed by atoms with van der Waals surface area (Å²) >= 11 is 5.84. The van der Waals surface area contributed by atoms with Crippen LogP contribution >= 0.6 is 11.6 Å². The Kier molecular flexibility index (Phi) is 3.71. The van der Waals surface area contributed by atoms with Crippen LogP contribution in [-0.2, 0) is 0 Å². The van der Waals surface area contributed by atoms with Crippen LogP contribution in [0.1, 0.15) is 31.5 Å². The van der Waals surface area contributed by atoms with E-state index < -0.39 is 6.17 Å². The van der Waals surface area contributed by atoms with Crippen molar-refractivity contribution in [3.63, 3.8) is 0 Å². The quantitative estimate of drug-likeness (QED) is 0.765. The summed E-state index contributed by atoms with van der Waals surface area (Å²) in [4.78, 5) is 10.2. The molecule has 1 fully saturated rings. The third kappa shape index (κ3) is 2.50. The molecule has 1 aliphatic rings. The molecule has 2 rings (SSSR count). The first-order valence-electron chi connectivity index (χ1n) is 5.56. The van der Waals surface area contributed by atoms with Gasteiger partial charge in [-0.15, -0.1) is 0 Å². The standard InChI is InChI=1S/C11H15ClFN3/c1-2-10(16-4-3-8(13)6-16)9-5-11(12)15-7-14-9/h5,7-8,10H,2-4,6H2,1H3. The summed E-state index contributed by atoms with van der Waals surface area (Å²) in [7, 11) is 0. The number of likely N-dealkylation sites (tertiary alicyclic amines) is 1. The highest BCUT2D eigenvalue weighted by Crippen LogP contribution is 2.28. The van der Waals surface area contributed by atoms with Gasteiger partial charge in [-0.3, -0.25) is 4.90 Å². The second kappa shape index (κ2) is 5.06. The molecule has 0 spiro atoms. The van der Waals surface area contributed by atoms with E-state index in [2.05, 4.69) is 21.8 Å². The molecule has 0 amide bonds. The van der Waals surface area contributed by atoms with Crippen molar-refractivity contribution in [2.24, 2.45) is 0 Å². The van der Waals surface area contributed by atoms with Gasteiger partial charge in [-0.25, -0.2) is 14.4 Å². The number of hydrogen-bond acceptors (Lipinski definition) is 3. The molecule has 5 heteroatoms. The number of halogens is 2. The number of rotatable bonds is 3. The van der Waals surface area contributed by atoms with E-state index in [-0.39, 0.29) is 6.04 Å². The Bertz CT molecular complexity index is 361. The highest BCUT2D eigenvalue weighted by Gasteiger charge is 2.28. The van der Waals surface area contributed by atoms with Gasteiger partial charge in [0, 0.05) is 13.1 Å². The highest BCUT2D eigenvalue weighted by atomic mass is 35.5. The zero-order chi connectivity index (χ0) is 11.5. The maximum absolute atomic E-state index is 13.2. The number of aromatic nitrogens is 2. The van der Waals surface area contributed by atoms with E-state index in [0.717, 1.165) is 18.7 Å². The van der Waals surface area contributed by atoms with E-state index in [0.29, 0.717) is 18.1 Å². The first-order valence-corrected chi connectivity index (χ1v) is 5.94. The molecule has 1 saturated heterocycles. The van der Waals surface area contributed by atoms with Gasteiger partial charge in [-0.2, -0.15) is 0 Å². The van der Waals surface area contributed by atoms with Gasteiger partial charge in [0.15, 0.2) is 0 Å². The third-order valence-electron chi connectivity index (χ3n) is 2.99. The predicted molar refractivity (Wildman–Crippen MR) is 61.2 cm³/mol. The fourth-order valence-corrected chi connectivity index (χ4v) is 2.37. The number of alkyl halides is 1. The van der Waals surface area contributed by atoms with E-state index >= 15 is 0 Å². The normalized spacial score (nSPS) is 23.6. The first kappa shape index (κ1) is 11.7. The van der Waals surface area contributed by atoms with Crippen molar-refractivity contribution in [3.8, 4) is 0 Å². The molecule has 0 aromatic carbocycles. The Hall–Kier alpha value is -0.740. The lowest BCUT2D eigenvalue weighted by Gasteiger charge is -2.25. The summed E-state index contributed by atoms with van der Waals surface area (Å²) < 4.78 is 13.2. The first-order chi connectivity index (χ1) is 7.70. The molecular weight excluding hydrogens is 229 g/mol. The second-order valence-corrected chi connectivity index (χ2v) is 4.46. The van der Waals surface area contributed by atoms with Gasteiger partial charge in [0.1, 0.15) is 17.7 Å². The average Bonchev–Trinajstić information content (AvgIpc) is 2.66. The average molecular weight is 244 g/mol. The largest absolute Gasteiger partial charge is 0.292 e. The summed E-state index contributed by atoms with van der Waals surface area (Å²) in [5.41, 5.74) is 0.886. The minimum Gasteiger partial charge on any atom is -0.292 e. The fraction of sp³-hybridized carbons (Fsp3) is 0.636. The Morgan fingerprint density at radius 3 is 3.00 bits per heavy atom. The number of hydrogen-bond donors (Lipinski definition) is 0. The minimum atomic E-state index is -0.702. The lowest BCUT2D eigenvalue weighted by atomic mass is 10.1. The molecule has 2 heterocycles. The SMILES string of the molecule is CCC(c1cc(Cl)ncn1)N1CCC(F)C1. The second-order valence-electron chi connectivity index (χ2n) is 4.07. The molecule has 1 aromatic heterocycles. The fourth-order valence-electron chi connectivity index (χ4n) is 2.21. The number of nitrogens with zero attached hydrogens (tertiary/aromatic N) is 3. The predicted octanol–water partition coefficient (Wildman–Crippen LogP) is 2.62. The van der Waals surface area contributed by atoms with Crippen LogP contribution in [0.2, 0.25) is 5.15 Å². The van der Waals surface area contributed by atoms with Gasteiger partial charge in [0.05, 0.1) is 11.7 Å². The van der Waals surface area contributed by atoms with Crippen LogP contribution < -0.4 is 0 Å². The molecule has 3 nitrogen and oxygen atoms in total. The Morgan fingerprint density at radius 2 is 2.44 bits per heavy atom. The van der Waals surface area contributed by atoms with E-state index in [1.165, 1.54) is 6.33 Å². The summed E-state index contributed by atoms with van der Waals surface area (Å²) in [6.45, 7) is 3.37. The van der Waals surface area contributed by atoms with Crippen molar-refractivity contribution in [2.45, 2.75) is 32.0 Å². The van der Waals surface area contributed by atoms with Crippen LogP contribution in [0.25, 0.3) is 0 Å². The minimum absolute atomic E-state index is 0.154. The van der Waals surface area contributed by atoms with Crippen LogP contribution in [-0.4, -0.2) is 34.1 Å². The van der Waals surface area contributed by atoms with E-state index in [9.17, 15) is 4.39 Å². The molecule has 0 saturated carbocycles. The summed E-state index contributed by atoms with van der Waals surface area (Å²) in [5.74, 6) is 0. The lowest BCUT2D eigenvalue weighted by Crippen LogP contribution is -2.27. The van der Waals surface area contributed by atoms with Crippen LogP contribution in [0.15, 0.2) is 12.4 Å². The molecule has 0 radical (unpaired) electrons. The van der Waals surface area contributed by atoms with E-state index in [1.54, 1.807) is 6.07 Å². The Morgan fingerprint density at radius 1 is 1.62 bits per heavy atom. The summed E-state index contributed by atoms with van der Waals surface area (Å²) in [6.07, 6.45) is 2.28. The Labute approximate surface area is 99.6 Å². The van der Waals surface area contributed by atoms with E-state index in [4.69, 9.17) is 11.6 Å². The van der Waals surface area contributed by atoms with Gasteiger partial charge >= 0.3 is 0 Å². The zero-order valence-electron chi connectivity index (χ0n) is 9.24. The molecule has 0 aliphatic carbocycles. The molecule has 2 unspecified atom stereocenters. The van der Waals surface area contributed by atoms with Crippen molar-refractivity contribution < 1.29 is 4.39 Å². The molecule has 1 aliphatic heterocycles. The smallest absolute Gasteiger partial charge is 0.132 e. The zero-order valence-corrected chi connectivity index (χ0v) is 9.99. The Balaban J connectivity index is 2.16. The van der Waals surface area contributed by atoms with Crippen molar-refractivity contribution >= 4 is 11.6 Å². The van der Waals surface area contributed by atoms with Crippen LogP contribution in [0, 0.1) is 0 Å². The van der Waals surface area contributed by atoms with Gasteiger partial charge in [-0.1, -0.05) is 18.5 Å². The maximum atomic E-state index is 13.2. The van der Waals surface area contributed by atoms with Crippen molar-refractivity contribution in [1.29, 1.82) is 0 Å². The molecular formula is C11H15ClFN3. The van der Waals surface area contributed by atoms with Gasteiger partial charge in [0.2, 0.25) is 0 Å². The van der Waals surface area contributed by atoms with Gasteiger partial charge < -0.3 is 0 Å². The van der Waals surface area contributed by atoms with Crippen LogP contribution in [0.3, 0.4) is 0 Å². The molecule has 16 heavy (non-hydrogen) atoms. The highest BCUT2D eigenvalue weighted by molar-refractivity contribution is 6.29. The van der Waals surface area contributed by atoms with Crippen LogP contribution in [0.4, 0.5) is 4.39 Å². The van der Waals surface area contributed by atoms with Crippen LogP contribution in [0.5, 0.6) is 0 Å². The summed E-state index contributed by atoms with van der Waals surface area (Å²) in [6, 6.07) is 1.92. The molecule has 0 N–H and O–H groups in total. The lowest BCUT2D eigenvalue weighted by molar-refractivity contribution is 0.213. The molecule has 1 aromatic rings. The van der Waals surface area contributed by atoms with E-state index in [1.807, 2.05) is 0 Å². The van der Waals surface area contributed by atoms with Crippen molar-refractivity contribution in [3.05, 3.63) is 23.2 Å². The third-order valence-corrected chi connectivity index (χ3v) is 3.19. The topological polar surface area (TPSA) is 29.0 Å². The molecule has 88 valence electrons. The summed E-state index contributed by atoms with van der Waals surface area (Å²) in [5, 5.41) is 0.444.